The van der Waals surface area contributed by atoms with Gasteiger partial charge in [-0.25, -0.2) is 0 Å². The van der Waals surface area contributed by atoms with Crippen molar-refractivity contribution in [2.75, 3.05) is 6.61 Å². The average molecular weight is 787 g/mol. The number of carbonyl (C=O) groups excluding carboxylic acids is 1. The van der Waals surface area contributed by atoms with Gasteiger partial charge < -0.3 is 29.5 Å². The number of hydrogen-bond acceptors (Lipinski definition) is 7. The highest BCUT2D eigenvalue weighted by Gasteiger charge is 2.66. The van der Waals surface area contributed by atoms with Crippen LogP contribution in [-0.2, 0) is 19.0 Å². The fourth-order valence-corrected chi connectivity index (χ4v) is 14.7. The van der Waals surface area contributed by atoms with Crippen molar-refractivity contribution in [3.8, 4) is 0 Å². The molecule has 1 spiro atoms. The largest absolute Gasteiger partial charge is 0.463 e. The molecule has 0 radical (unpaired) electrons. The zero-order valence-corrected chi connectivity index (χ0v) is 36.9. The second kappa shape index (κ2) is 19.8. The Kier molecular flexibility index (Phi) is 15.8. The van der Waals surface area contributed by atoms with Crippen molar-refractivity contribution in [3.63, 3.8) is 0 Å². The minimum atomic E-state index is -1.42. The number of fused-ring (bicyclic) bond motifs is 6. The van der Waals surface area contributed by atoms with Crippen LogP contribution in [0.3, 0.4) is 0 Å². The summed E-state index contributed by atoms with van der Waals surface area (Å²) < 4.78 is 18.1. The lowest BCUT2D eigenvalue weighted by Gasteiger charge is -2.64. The highest BCUT2D eigenvalue weighted by Crippen LogP contribution is 2.74. The van der Waals surface area contributed by atoms with E-state index in [0.717, 1.165) is 74.0 Å². The first kappa shape index (κ1) is 44.8. The van der Waals surface area contributed by atoms with Crippen LogP contribution in [0.5, 0.6) is 0 Å². The second-order valence-electron chi connectivity index (χ2n) is 21.5. The SMILES string of the molecule is CCCCCCCCCCCCCC(=O)OCC1O[C@H](OC2CCC3(C)C(CCC4C3CCC3(C)C4CCC34CCC(CC(C)C)C[C@H]4C)C2)C(O)C(O)[C@@H]1O. The summed E-state index contributed by atoms with van der Waals surface area (Å²) >= 11 is 0. The Bertz CT molecular complexity index is 1220. The fraction of sp³-hybridized carbons (Fsp3) is 0.980. The van der Waals surface area contributed by atoms with Gasteiger partial charge in [0.2, 0.25) is 0 Å². The van der Waals surface area contributed by atoms with Gasteiger partial charge in [-0.05, 0) is 148 Å². The minimum absolute atomic E-state index is 0.0681. The molecule has 0 bridgehead atoms. The highest BCUT2D eigenvalue weighted by molar-refractivity contribution is 5.69. The smallest absolute Gasteiger partial charge is 0.305 e. The molecule has 324 valence electrons. The minimum Gasteiger partial charge on any atom is -0.463 e. The molecule has 7 nitrogen and oxygen atoms in total. The summed E-state index contributed by atoms with van der Waals surface area (Å²) in [6, 6.07) is 0. The van der Waals surface area contributed by atoms with Crippen LogP contribution in [0.15, 0.2) is 0 Å². The van der Waals surface area contributed by atoms with Crippen LogP contribution >= 0.6 is 0 Å². The lowest BCUT2D eigenvalue weighted by atomic mass is 9.41. The summed E-state index contributed by atoms with van der Waals surface area (Å²) in [6.45, 7) is 14.9. The summed E-state index contributed by atoms with van der Waals surface area (Å²) in [4.78, 5) is 12.6. The van der Waals surface area contributed by atoms with E-state index in [1.165, 1.54) is 116 Å². The van der Waals surface area contributed by atoms with E-state index in [1.807, 2.05) is 0 Å². The molecule has 1 saturated heterocycles. The van der Waals surface area contributed by atoms with Crippen molar-refractivity contribution >= 4 is 5.97 Å². The van der Waals surface area contributed by atoms with Crippen molar-refractivity contribution in [2.24, 2.45) is 57.7 Å². The summed E-state index contributed by atoms with van der Waals surface area (Å²) in [5, 5.41) is 32.5. The Morgan fingerprint density at radius 3 is 2.09 bits per heavy atom. The van der Waals surface area contributed by atoms with Crippen LogP contribution in [0.1, 0.15) is 202 Å². The van der Waals surface area contributed by atoms with Crippen LogP contribution in [0, 0.1) is 57.7 Å². The number of aliphatic hydroxyl groups excluding tert-OH is 3. The maximum atomic E-state index is 12.6. The Morgan fingerprint density at radius 2 is 1.41 bits per heavy atom. The van der Waals surface area contributed by atoms with Gasteiger partial charge in [-0.1, -0.05) is 106 Å². The number of unbranched alkanes of at least 4 members (excludes halogenated alkanes) is 10. The zero-order chi connectivity index (χ0) is 40.1. The van der Waals surface area contributed by atoms with Gasteiger partial charge >= 0.3 is 5.97 Å². The molecule has 3 N–H and O–H groups in total. The summed E-state index contributed by atoms with van der Waals surface area (Å²) in [7, 11) is 0. The molecule has 12 unspecified atom stereocenters. The normalized spacial score (nSPS) is 43.7. The average Bonchev–Trinajstić information content (AvgIpc) is 3.47. The molecular formula is C49H86O7. The molecule has 5 saturated carbocycles. The molecule has 7 heteroatoms. The molecule has 6 fully saturated rings. The maximum absolute atomic E-state index is 12.6. The number of hydrogen-bond donors (Lipinski definition) is 3. The van der Waals surface area contributed by atoms with Gasteiger partial charge in [0.15, 0.2) is 6.29 Å². The second-order valence-corrected chi connectivity index (χ2v) is 21.5. The monoisotopic (exact) mass is 787 g/mol. The van der Waals surface area contributed by atoms with Gasteiger partial charge in [-0.15, -0.1) is 0 Å². The molecule has 5 aliphatic carbocycles. The first-order chi connectivity index (χ1) is 26.8. The molecule has 0 aromatic heterocycles. The van der Waals surface area contributed by atoms with Crippen molar-refractivity contribution in [3.05, 3.63) is 0 Å². The Morgan fingerprint density at radius 1 is 0.750 bits per heavy atom. The zero-order valence-electron chi connectivity index (χ0n) is 36.9. The first-order valence-corrected chi connectivity index (χ1v) is 24.3. The third-order valence-electron chi connectivity index (χ3n) is 17.9. The fourth-order valence-electron chi connectivity index (χ4n) is 14.7. The van der Waals surface area contributed by atoms with E-state index in [9.17, 15) is 20.1 Å². The third-order valence-corrected chi connectivity index (χ3v) is 17.9. The Balaban J connectivity index is 0.948. The van der Waals surface area contributed by atoms with E-state index < -0.39 is 30.7 Å². The van der Waals surface area contributed by atoms with Gasteiger partial charge in [0.05, 0.1) is 6.10 Å². The Labute approximate surface area is 342 Å². The lowest BCUT2D eigenvalue weighted by Crippen LogP contribution is -2.60. The van der Waals surface area contributed by atoms with E-state index in [4.69, 9.17) is 14.2 Å². The molecular weight excluding hydrogens is 701 g/mol. The quantitative estimate of drug-likeness (QED) is 0.0722. The number of ether oxygens (including phenoxy) is 3. The highest BCUT2D eigenvalue weighted by atomic mass is 16.7. The van der Waals surface area contributed by atoms with Crippen LogP contribution in [0.2, 0.25) is 0 Å². The van der Waals surface area contributed by atoms with E-state index in [2.05, 4.69) is 41.5 Å². The summed E-state index contributed by atoms with van der Waals surface area (Å²) in [5.41, 5.74) is 1.34. The number of esters is 1. The van der Waals surface area contributed by atoms with E-state index in [0.29, 0.717) is 28.6 Å². The number of aliphatic hydroxyl groups is 3. The molecule has 56 heavy (non-hydrogen) atoms. The van der Waals surface area contributed by atoms with Crippen LogP contribution in [0.4, 0.5) is 0 Å². The molecule has 0 aromatic carbocycles. The van der Waals surface area contributed by atoms with E-state index in [1.54, 1.807) is 0 Å². The van der Waals surface area contributed by atoms with Crippen LogP contribution in [-0.4, -0.2) is 64.7 Å². The van der Waals surface area contributed by atoms with Crippen molar-refractivity contribution < 1.29 is 34.3 Å². The van der Waals surface area contributed by atoms with E-state index >= 15 is 0 Å². The van der Waals surface area contributed by atoms with Gasteiger partial charge in [0.1, 0.15) is 31.0 Å². The molecule has 1 aliphatic heterocycles. The van der Waals surface area contributed by atoms with Crippen LogP contribution in [0.25, 0.3) is 0 Å². The molecule has 6 aliphatic rings. The number of rotatable bonds is 18. The predicted octanol–water partition coefficient (Wildman–Crippen LogP) is 10.9. The molecule has 15 atom stereocenters. The Hall–Kier alpha value is -0.730. The molecule has 6 rings (SSSR count). The van der Waals surface area contributed by atoms with Crippen molar-refractivity contribution in [2.45, 2.75) is 239 Å². The van der Waals surface area contributed by atoms with Gasteiger partial charge in [-0.3, -0.25) is 4.79 Å². The van der Waals surface area contributed by atoms with Gasteiger partial charge in [-0.2, -0.15) is 0 Å². The maximum Gasteiger partial charge on any atom is 0.305 e. The standard InChI is InChI=1S/C49H86O7/c1-7-8-9-10-11-12-13-14-15-16-17-18-42(50)54-32-41-43(51)44(52)45(53)46(56-41)55-37-22-25-47(5)36(31-37)19-20-38-39(47)23-26-48(6)40(38)24-28-49(48)27-21-35(29-33(2)3)30-34(49)4/h33-41,43-46,51-53H,7-32H2,1-6H3/t34-,35?,36?,37?,38?,39?,40?,41?,43-,44?,45?,46+,47?,48?,49?/m1/s1. The predicted molar refractivity (Wildman–Crippen MR) is 224 cm³/mol. The summed E-state index contributed by atoms with van der Waals surface area (Å²) in [6.07, 6.45) is 24.5. The van der Waals surface area contributed by atoms with Gasteiger partial charge in [0, 0.05) is 6.42 Å². The molecule has 0 amide bonds. The summed E-state index contributed by atoms with van der Waals surface area (Å²) in [5.74, 6) is 5.32. The van der Waals surface area contributed by atoms with E-state index in [-0.39, 0.29) is 18.7 Å². The molecule has 1 heterocycles. The lowest BCUT2D eigenvalue weighted by molar-refractivity contribution is -0.317. The third kappa shape index (κ3) is 9.58. The van der Waals surface area contributed by atoms with Crippen molar-refractivity contribution in [1.29, 1.82) is 0 Å². The first-order valence-electron chi connectivity index (χ1n) is 24.3. The molecule has 0 aromatic rings. The van der Waals surface area contributed by atoms with Crippen molar-refractivity contribution in [1.82, 2.24) is 0 Å². The number of carbonyl (C=O) groups is 1. The topological polar surface area (TPSA) is 105 Å². The van der Waals surface area contributed by atoms with Gasteiger partial charge in [0.25, 0.3) is 0 Å². The van der Waals surface area contributed by atoms with Crippen LogP contribution < -0.4 is 0 Å².